The molecule has 0 N–H and O–H groups in total. The minimum Gasteiger partial charge on any atom is -0.459 e. The highest BCUT2D eigenvalue weighted by Crippen LogP contribution is 2.36. The predicted octanol–water partition coefficient (Wildman–Crippen LogP) is 4.24. The van der Waals surface area contributed by atoms with Crippen LogP contribution in [0.4, 0.5) is 4.39 Å². The van der Waals surface area contributed by atoms with E-state index < -0.39 is 5.82 Å². The maximum absolute atomic E-state index is 13.1. The van der Waals surface area contributed by atoms with Gasteiger partial charge in [-0.15, -0.1) is 12.6 Å². The summed E-state index contributed by atoms with van der Waals surface area (Å²) in [5.74, 6) is -0.820. The van der Waals surface area contributed by atoms with Crippen molar-refractivity contribution < 1.29 is 13.9 Å². The number of hydrogen-bond acceptors (Lipinski definition) is 3. The average Bonchev–Trinajstić information content (AvgIpc) is 2.35. The number of carbonyl (C=O) groups is 1. The van der Waals surface area contributed by atoms with E-state index in [1.165, 1.54) is 18.2 Å². The van der Waals surface area contributed by atoms with Gasteiger partial charge in [0, 0.05) is 4.90 Å². The number of halogens is 1. The third-order valence-corrected chi connectivity index (χ3v) is 4.08. The molecule has 1 aliphatic carbocycles. The Hall–Kier alpha value is -1.03. The highest BCUT2D eigenvalue weighted by molar-refractivity contribution is 7.80. The van der Waals surface area contributed by atoms with Crippen LogP contribution in [0.1, 0.15) is 49.9 Å². The molecule has 4 heteroatoms. The van der Waals surface area contributed by atoms with E-state index >= 15 is 0 Å². The number of benzene rings is 1. The zero-order valence-corrected chi connectivity index (χ0v) is 12.2. The van der Waals surface area contributed by atoms with Gasteiger partial charge in [0.25, 0.3) is 0 Å². The average molecular weight is 282 g/mol. The standard InChI is InChI=1S/C15H19FO2S/c1-15(2)7-5-11(6-8-15)18-14(17)10-3-4-12(16)13(19)9-10/h3-4,9,11,19H,5-8H2,1-2H3. The summed E-state index contributed by atoms with van der Waals surface area (Å²) in [6.07, 6.45) is 3.90. The first-order valence-corrected chi connectivity index (χ1v) is 7.02. The Bertz CT molecular complexity index is 475. The van der Waals surface area contributed by atoms with Crippen LogP contribution in [0.5, 0.6) is 0 Å². The van der Waals surface area contributed by atoms with Gasteiger partial charge in [-0.3, -0.25) is 0 Å². The van der Waals surface area contributed by atoms with Gasteiger partial charge in [-0.05, 0) is 49.3 Å². The van der Waals surface area contributed by atoms with Crippen LogP contribution in [0.3, 0.4) is 0 Å². The van der Waals surface area contributed by atoms with Gasteiger partial charge in [0.05, 0.1) is 5.56 Å². The number of hydrogen-bond donors (Lipinski definition) is 1. The Balaban J connectivity index is 1.96. The van der Waals surface area contributed by atoms with Gasteiger partial charge in [-0.2, -0.15) is 0 Å². The third kappa shape index (κ3) is 3.72. The molecule has 104 valence electrons. The van der Waals surface area contributed by atoms with Gasteiger partial charge in [0.15, 0.2) is 0 Å². The predicted molar refractivity (Wildman–Crippen MR) is 75.1 cm³/mol. The second kappa shape index (κ2) is 5.53. The fraction of sp³-hybridized carbons (Fsp3) is 0.533. The van der Waals surface area contributed by atoms with Crippen molar-refractivity contribution >= 4 is 18.6 Å². The summed E-state index contributed by atoms with van der Waals surface area (Å²) in [6.45, 7) is 4.47. The molecule has 1 aliphatic rings. The normalized spacial score (nSPS) is 19.2. The molecule has 0 atom stereocenters. The van der Waals surface area contributed by atoms with E-state index in [9.17, 15) is 9.18 Å². The van der Waals surface area contributed by atoms with Crippen molar-refractivity contribution in [2.75, 3.05) is 0 Å². The zero-order chi connectivity index (χ0) is 14.0. The second-order valence-corrected chi connectivity index (χ2v) is 6.42. The van der Waals surface area contributed by atoms with Crippen LogP contribution in [-0.4, -0.2) is 12.1 Å². The van der Waals surface area contributed by atoms with Crippen molar-refractivity contribution in [3.63, 3.8) is 0 Å². The Morgan fingerprint density at radius 2 is 2.00 bits per heavy atom. The fourth-order valence-corrected chi connectivity index (χ4v) is 2.56. The molecule has 0 unspecified atom stereocenters. The molecular weight excluding hydrogens is 263 g/mol. The molecule has 0 amide bonds. The summed E-state index contributed by atoms with van der Waals surface area (Å²) in [5.41, 5.74) is 0.702. The highest BCUT2D eigenvalue weighted by Gasteiger charge is 2.29. The molecule has 1 fully saturated rings. The van der Waals surface area contributed by atoms with Gasteiger partial charge in [0.2, 0.25) is 0 Å². The molecule has 1 saturated carbocycles. The van der Waals surface area contributed by atoms with Gasteiger partial charge in [-0.25, -0.2) is 9.18 Å². The number of rotatable bonds is 2. The largest absolute Gasteiger partial charge is 0.459 e. The summed E-state index contributed by atoms with van der Waals surface area (Å²) in [7, 11) is 0. The van der Waals surface area contributed by atoms with Crippen molar-refractivity contribution in [2.24, 2.45) is 5.41 Å². The van der Waals surface area contributed by atoms with Crippen molar-refractivity contribution in [2.45, 2.75) is 50.5 Å². The van der Waals surface area contributed by atoms with Crippen LogP contribution in [0.2, 0.25) is 0 Å². The topological polar surface area (TPSA) is 26.3 Å². The molecule has 1 aromatic rings. The molecule has 2 rings (SSSR count). The van der Waals surface area contributed by atoms with Crippen molar-refractivity contribution in [1.29, 1.82) is 0 Å². The molecule has 0 radical (unpaired) electrons. The lowest BCUT2D eigenvalue weighted by molar-refractivity contribution is 0.00948. The lowest BCUT2D eigenvalue weighted by Gasteiger charge is -2.33. The van der Waals surface area contributed by atoms with Crippen molar-refractivity contribution in [3.8, 4) is 0 Å². The smallest absolute Gasteiger partial charge is 0.338 e. The number of esters is 1. The third-order valence-electron chi connectivity index (χ3n) is 3.74. The lowest BCUT2D eigenvalue weighted by Crippen LogP contribution is -2.28. The molecule has 1 aromatic carbocycles. The summed E-state index contributed by atoms with van der Waals surface area (Å²) < 4.78 is 18.5. The summed E-state index contributed by atoms with van der Waals surface area (Å²) in [6, 6.07) is 4.08. The zero-order valence-electron chi connectivity index (χ0n) is 11.3. The van der Waals surface area contributed by atoms with Crippen LogP contribution in [0.25, 0.3) is 0 Å². The van der Waals surface area contributed by atoms with Gasteiger partial charge in [-0.1, -0.05) is 13.8 Å². The Morgan fingerprint density at radius 1 is 1.37 bits per heavy atom. The van der Waals surface area contributed by atoms with Crippen LogP contribution in [-0.2, 0) is 4.74 Å². The summed E-state index contributed by atoms with van der Waals surface area (Å²) in [4.78, 5) is 12.1. The molecule has 0 aromatic heterocycles. The first-order valence-electron chi connectivity index (χ1n) is 6.57. The quantitative estimate of drug-likeness (QED) is 0.648. The van der Waals surface area contributed by atoms with E-state index in [1.54, 1.807) is 0 Å². The first-order chi connectivity index (χ1) is 8.87. The molecule has 0 heterocycles. The van der Waals surface area contributed by atoms with E-state index in [-0.39, 0.29) is 17.0 Å². The number of ether oxygens (including phenoxy) is 1. The van der Waals surface area contributed by atoms with E-state index in [4.69, 9.17) is 4.74 Å². The van der Waals surface area contributed by atoms with Crippen molar-refractivity contribution in [3.05, 3.63) is 29.6 Å². The fourth-order valence-electron chi connectivity index (χ4n) is 2.35. The molecular formula is C15H19FO2S. The Labute approximate surface area is 118 Å². The van der Waals surface area contributed by atoms with E-state index in [2.05, 4.69) is 26.5 Å². The first kappa shape index (κ1) is 14.4. The summed E-state index contributed by atoms with van der Waals surface area (Å²) >= 11 is 3.97. The highest BCUT2D eigenvalue weighted by atomic mass is 32.1. The Morgan fingerprint density at radius 3 is 2.58 bits per heavy atom. The molecule has 2 nitrogen and oxygen atoms in total. The van der Waals surface area contributed by atoms with Crippen molar-refractivity contribution in [1.82, 2.24) is 0 Å². The molecule has 0 bridgehead atoms. The lowest BCUT2D eigenvalue weighted by atomic mass is 9.76. The maximum Gasteiger partial charge on any atom is 0.338 e. The minimum absolute atomic E-state index is 0.0195. The second-order valence-electron chi connectivity index (χ2n) is 5.94. The van der Waals surface area contributed by atoms with Crippen LogP contribution in [0.15, 0.2) is 23.1 Å². The number of carbonyl (C=O) groups excluding carboxylic acids is 1. The molecule has 0 spiro atoms. The van der Waals surface area contributed by atoms with Crippen LogP contribution >= 0.6 is 12.6 Å². The number of thiol groups is 1. The van der Waals surface area contributed by atoms with Crippen LogP contribution in [0, 0.1) is 11.2 Å². The van der Waals surface area contributed by atoms with E-state index in [1.807, 2.05) is 0 Å². The van der Waals surface area contributed by atoms with E-state index in [0.717, 1.165) is 25.7 Å². The van der Waals surface area contributed by atoms with Crippen LogP contribution < -0.4 is 0 Å². The molecule has 0 aliphatic heterocycles. The van der Waals surface area contributed by atoms with Gasteiger partial charge >= 0.3 is 5.97 Å². The van der Waals surface area contributed by atoms with Gasteiger partial charge < -0.3 is 4.74 Å². The maximum atomic E-state index is 13.1. The molecule has 0 saturated heterocycles. The summed E-state index contributed by atoms with van der Waals surface area (Å²) in [5, 5.41) is 0. The Kier molecular flexibility index (Phi) is 4.19. The van der Waals surface area contributed by atoms with E-state index in [0.29, 0.717) is 11.0 Å². The SMILES string of the molecule is CC1(C)CCC(OC(=O)c2ccc(F)c(S)c2)CC1. The monoisotopic (exact) mass is 282 g/mol. The minimum atomic E-state index is -0.431. The van der Waals surface area contributed by atoms with Gasteiger partial charge in [0.1, 0.15) is 11.9 Å². The molecule has 19 heavy (non-hydrogen) atoms.